The van der Waals surface area contributed by atoms with Gasteiger partial charge >= 0.3 is 5.97 Å². The van der Waals surface area contributed by atoms with Gasteiger partial charge in [-0.15, -0.1) is 0 Å². The van der Waals surface area contributed by atoms with E-state index in [1.165, 1.54) is 12.2 Å². The molecule has 16 heteroatoms. The number of aliphatic hydroxyl groups is 9. The van der Waals surface area contributed by atoms with E-state index in [1.54, 1.807) is 0 Å². The van der Waals surface area contributed by atoms with Crippen molar-refractivity contribution in [1.82, 2.24) is 0 Å². The predicted molar refractivity (Wildman–Crippen MR) is 121 cm³/mol. The van der Waals surface area contributed by atoms with Crippen LogP contribution >= 0.6 is 0 Å². The van der Waals surface area contributed by atoms with Crippen LogP contribution < -0.4 is 0 Å². The number of methoxy groups -OCH3 is 1. The lowest BCUT2D eigenvalue weighted by Crippen LogP contribution is -2.65. The van der Waals surface area contributed by atoms with Crippen LogP contribution in [0.3, 0.4) is 0 Å². The summed E-state index contributed by atoms with van der Waals surface area (Å²) < 4.78 is 32.3. The van der Waals surface area contributed by atoms with Crippen LogP contribution in [-0.2, 0) is 33.2 Å². The van der Waals surface area contributed by atoms with Crippen molar-refractivity contribution in [3.63, 3.8) is 0 Å². The van der Waals surface area contributed by atoms with Crippen molar-refractivity contribution >= 4 is 5.97 Å². The highest BCUT2D eigenvalue weighted by Crippen LogP contribution is 2.45. The lowest BCUT2D eigenvalue weighted by atomic mass is 9.79. The highest BCUT2D eigenvalue weighted by atomic mass is 16.8. The number of hydrogen-bond donors (Lipinski definition) is 9. The Morgan fingerprint density at radius 2 is 1.49 bits per heavy atom. The molecule has 14 atom stereocenters. The molecule has 0 aromatic carbocycles. The first kappa shape index (κ1) is 30.2. The number of carbonyl (C=O) groups is 1. The zero-order valence-corrected chi connectivity index (χ0v) is 20.7. The van der Waals surface area contributed by atoms with Gasteiger partial charge in [0.05, 0.1) is 44.7 Å². The second-order valence-electron chi connectivity index (χ2n) is 9.77. The van der Waals surface area contributed by atoms with Crippen molar-refractivity contribution in [3.8, 4) is 0 Å². The summed E-state index contributed by atoms with van der Waals surface area (Å²) in [5, 5.41) is 91.8. The maximum Gasteiger partial charge on any atom is 0.337 e. The summed E-state index contributed by atoms with van der Waals surface area (Å²) in [6.07, 6.45) is -14.3. The summed E-state index contributed by atoms with van der Waals surface area (Å²) in [6.45, 7) is -2.30. The van der Waals surface area contributed by atoms with Crippen LogP contribution in [0.15, 0.2) is 24.0 Å². The minimum atomic E-state index is -1.90. The number of hydrogen-bond acceptors (Lipinski definition) is 16. The third-order valence-electron chi connectivity index (χ3n) is 7.44. The molecule has 2 fully saturated rings. The highest BCUT2D eigenvalue weighted by Gasteiger charge is 2.56. The van der Waals surface area contributed by atoms with E-state index in [1.807, 2.05) is 0 Å². The average Bonchev–Trinajstić information content (AvgIpc) is 3.30. The molecule has 0 aromatic heterocycles. The van der Waals surface area contributed by atoms with Gasteiger partial charge in [0.25, 0.3) is 0 Å². The average molecular weight is 567 g/mol. The summed E-state index contributed by atoms with van der Waals surface area (Å²) in [5.41, 5.74) is -1.86. The Bertz CT molecular complexity index is 924. The van der Waals surface area contributed by atoms with Gasteiger partial charge in [-0.2, -0.15) is 0 Å². The van der Waals surface area contributed by atoms with Crippen LogP contribution in [0.5, 0.6) is 0 Å². The number of carbonyl (C=O) groups excluding carboxylic acids is 1. The van der Waals surface area contributed by atoms with Crippen LogP contribution in [0.1, 0.15) is 0 Å². The van der Waals surface area contributed by atoms with Gasteiger partial charge in [-0.1, -0.05) is 12.2 Å². The van der Waals surface area contributed by atoms with Crippen LogP contribution in [0.2, 0.25) is 0 Å². The second kappa shape index (κ2) is 12.0. The fraction of sp³-hybridized carbons (Fsp3) is 0.783. The molecule has 0 radical (unpaired) electrons. The summed E-state index contributed by atoms with van der Waals surface area (Å²) in [5.74, 6) is -2.66. The van der Waals surface area contributed by atoms with E-state index in [9.17, 15) is 50.8 Å². The second-order valence-corrected chi connectivity index (χ2v) is 9.77. The van der Waals surface area contributed by atoms with Crippen molar-refractivity contribution in [2.75, 3.05) is 26.9 Å². The molecule has 3 aliphatic heterocycles. The quantitative estimate of drug-likeness (QED) is 0.0981. The van der Waals surface area contributed by atoms with E-state index < -0.39 is 111 Å². The third-order valence-corrected chi connectivity index (χ3v) is 7.44. The van der Waals surface area contributed by atoms with Crippen molar-refractivity contribution in [3.05, 3.63) is 24.0 Å². The number of ether oxygens (including phenoxy) is 6. The largest absolute Gasteiger partial charge is 0.471 e. The molecule has 16 nitrogen and oxygen atoms in total. The van der Waals surface area contributed by atoms with Crippen molar-refractivity contribution < 1.29 is 79.2 Å². The smallest absolute Gasteiger partial charge is 0.337 e. The lowest BCUT2D eigenvalue weighted by Gasteiger charge is -2.47. The summed E-state index contributed by atoms with van der Waals surface area (Å²) >= 11 is 0. The monoisotopic (exact) mass is 566 g/mol. The molecule has 0 amide bonds. The highest BCUT2D eigenvalue weighted by molar-refractivity contribution is 5.89. The standard InChI is InChI=1S/C23H34O16/c1-34-19(32)9-6-35-20(12-8(9)2-3-23(12,33)7-26)39-22-17(31)15(29)18(11(5-25)37-22)38-21-16(30)14(28)13(27)10(4-24)36-21/h2-3,6,8,10-18,20-22,24-31,33H,4-5,7H2,1H3/t8-,10+,11+,12+,13+,14-,15+,16+,17+,18+,20-,21-,22-,23-/m0/s1. The first-order valence-electron chi connectivity index (χ1n) is 12.2. The van der Waals surface area contributed by atoms with Crippen molar-refractivity contribution in [2.45, 2.75) is 73.3 Å². The molecular formula is C23H34O16. The molecule has 0 unspecified atom stereocenters. The Balaban J connectivity index is 1.50. The van der Waals surface area contributed by atoms with Crippen LogP contribution in [0.4, 0.5) is 0 Å². The number of esters is 1. The minimum Gasteiger partial charge on any atom is -0.471 e. The Kier molecular flexibility index (Phi) is 9.29. The zero-order chi connectivity index (χ0) is 28.6. The van der Waals surface area contributed by atoms with E-state index >= 15 is 0 Å². The zero-order valence-electron chi connectivity index (χ0n) is 20.7. The lowest BCUT2D eigenvalue weighted by molar-refractivity contribution is -0.376. The summed E-state index contributed by atoms with van der Waals surface area (Å²) in [6, 6.07) is 0. The Hall–Kier alpha value is -1.77. The van der Waals surface area contributed by atoms with Crippen molar-refractivity contribution in [1.29, 1.82) is 0 Å². The van der Waals surface area contributed by atoms with Gasteiger partial charge in [0.2, 0.25) is 6.29 Å². The normalized spacial score (nSPS) is 47.7. The number of fused-ring (bicyclic) bond motifs is 1. The van der Waals surface area contributed by atoms with Gasteiger partial charge in [0.1, 0.15) is 54.4 Å². The first-order valence-corrected chi connectivity index (χ1v) is 12.2. The predicted octanol–water partition coefficient (Wildman–Crippen LogP) is -5.43. The van der Waals surface area contributed by atoms with E-state index in [0.717, 1.165) is 13.4 Å². The Morgan fingerprint density at radius 1 is 0.872 bits per heavy atom. The topological polar surface area (TPSA) is 255 Å². The molecule has 0 bridgehead atoms. The maximum absolute atomic E-state index is 12.2. The van der Waals surface area contributed by atoms with Gasteiger partial charge < -0.3 is 74.4 Å². The molecule has 4 rings (SSSR count). The molecule has 1 aliphatic carbocycles. The van der Waals surface area contributed by atoms with Gasteiger partial charge in [0, 0.05) is 5.92 Å². The SMILES string of the molecule is COC(=O)C1=CO[C@@H](O[C@@H]2O[C@H](CO)[C@@H](O[C@@H]3O[C@H](CO)[C@@H](O)[C@H](O)[C@H]3O)[C@H](O)[C@H]2O)[C@H]2[C@H]1C=C[C@]2(O)CO. The van der Waals surface area contributed by atoms with Crippen LogP contribution in [0.25, 0.3) is 0 Å². The summed E-state index contributed by atoms with van der Waals surface area (Å²) in [4.78, 5) is 12.2. The molecule has 0 aromatic rings. The minimum absolute atomic E-state index is 0.0364. The first-order chi connectivity index (χ1) is 18.5. The van der Waals surface area contributed by atoms with Crippen molar-refractivity contribution in [2.24, 2.45) is 11.8 Å². The molecule has 2 saturated heterocycles. The third kappa shape index (κ3) is 5.45. The van der Waals surface area contributed by atoms with Gasteiger partial charge in [-0.05, 0) is 0 Å². The van der Waals surface area contributed by atoms with Gasteiger partial charge in [-0.3, -0.25) is 0 Å². The van der Waals surface area contributed by atoms with E-state index in [4.69, 9.17) is 28.4 Å². The molecule has 0 spiro atoms. The van der Waals surface area contributed by atoms with E-state index in [-0.39, 0.29) is 5.57 Å². The van der Waals surface area contributed by atoms with Gasteiger partial charge in [-0.25, -0.2) is 4.79 Å². The number of rotatable bonds is 8. The Morgan fingerprint density at radius 3 is 2.10 bits per heavy atom. The maximum atomic E-state index is 12.2. The van der Waals surface area contributed by atoms with E-state index in [0.29, 0.717) is 0 Å². The fourth-order valence-electron chi connectivity index (χ4n) is 5.19. The Labute approximate surface area is 221 Å². The van der Waals surface area contributed by atoms with Crippen LogP contribution in [0, 0.1) is 11.8 Å². The van der Waals surface area contributed by atoms with Gasteiger partial charge in [0.15, 0.2) is 12.6 Å². The fourth-order valence-corrected chi connectivity index (χ4v) is 5.19. The number of aliphatic hydroxyl groups excluding tert-OH is 8. The number of allylic oxidation sites excluding steroid dienone is 1. The van der Waals surface area contributed by atoms with E-state index in [2.05, 4.69) is 0 Å². The van der Waals surface area contributed by atoms with Crippen LogP contribution in [-0.4, -0.2) is 152 Å². The molecule has 39 heavy (non-hydrogen) atoms. The molecule has 3 heterocycles. The summed E-state index contributed by atoms with van der Waals surface area (Å²) in [7, 11) is 1.16. The molecule has 222 valence electrons. The molecule has 0 saturated carbocycles. The molecular weight excluding hydrogens is 532 g/mol. The molecule has 4 aliphatic rings. The molecule has 9 N–H and O–H groups in total.